The Hall–Kier alpha value is -1.58. The van der Waals surface area contributed by atoms with Gasteiger partial charge in [-0.1, -0.05) is 25.3 Å². The zero-order valence-electron chi connectivity index (χ0n) is 11.0. The first kappa shape index (κ1) is 12.9. The lowest BCUT2D eigenvalue weighted by molar-refractivity contribution is 0.428. The molecule has 0 bridgehead atoms. The van der Waals surface area contributed by atoms with Crippen LogP contribution in [0.25, 0.3) is 0 Å². The molecule has 0 aliphatic heterocycles. The molecule has 4 heteroatoms. The lowest BCUT2D eigenvalue weighted by atomic mass is 9.96. The Morgan fingerprint density at radius 3 is 2.89 bits per heavy atom. The molecule has 1 fully saturated rings. The van der Waals surface area contributed by atoms with Gasteiger partial charge in [-0.25, -0.2) is 4.99 Å². The fraction of sp³-hybridized carbons (Fsp3) is 0.571. The molecule has 1 saturated carbocycles. The molecule has 1 aliphatic carbocycles. The van der Waals surface area contributed by atoms with Crippen LogP contribution in [-0.2, 0) is 6.54 Å². The van der Waals surface area contributed by atoms with Crippen molar-refractivity contribution in [3.63, 3.8) is 0 Å². The summed E-state index contributed by atoms with van der Waals surface area (Å²) in [6.07, 6.45) is 9.93. The third-order valence-corrected chi connectivity index (χ3v) is 3.42. The first-order valence-corrected chi connectivity index (χ1v) is 6.69. The molecular formula is C14H22N4. The lowest BCUT2D eigenvalue weighted by Crippen LogP contribution is -2.35. The van der Waals surface area contributed by atoms with Gasteiger partial charge in [0.1, 0.15) is 0 Å². The number of nitrogens with two attached hydrogens (primary N) is 1. The topological polar surface area (TPSA) is 54.5 Å². The zero-order valence-corrected chi connectivity index (χ0v) is 11.0. The van der Waals surface area contributed by atoms with E-state index in [2.05, 4.69) is 16.0 Å². The van der Waals surface area contributed by atoms with Crippen LogP contribution < -0.4 is 5.73 Å². The molecule has 98 valence electrons. The van der Waals surface area contributed by atoms with E-state index in [-0.39, 0.29) is 0 Å². The number of pyridine rings is 1. The second-order valence-electron chi connectivity index (χ2n) is 5.00. The molecule has 1 aliphatic rings. The van der Waals surface area contributed by atoms with Crippen LogP contribution in [0, 0.1) is 0 Å². The van der Waals surface area contributed by atoms with Gasteiger partial charge in [0.05, 0.1) is 6.04 Å². The molecule has 0 aromatic carbocycles. The highest BCUT2D eigenvalue weighted by atomic mass is 15.2. The molecule has 0 radical (unpaired) electrons. The van der Waals surface area contributed by atoms with E-state index >= 15 is 0 Å². The summed E-state index contributed by atoms with van der Waals surface area (Å²) in [6, 6.07) is 4.42. The second kappa shape index (κ2) is 6.38. The van der Waals surface area contributed by atoms with Crippen molar-refractivity contribution in [3.8, 4) is 0 Å². The van der Waals surface area contributed by atoms with Gasteiger partial charge in [0.2, 0.25) is 0 Å². The van der Waals surface area contributed by atoms with Crippen LogP contribution in [0.15, 0.2) is 29.5 Å². The van der Waals surface area contributed by atoms with Crippen molar-refractivity contribution in [1.29, 1.82) is 0 Å². The Morgan fingerprint density at radius 2 is 2.22 bits per heavy atom. The minimum atomic E-state index is 0.426. The van der Waals surface area contributed by atoms with E-state index in [0.29, 0.717) is 12.0 Å². The van der Waals surface area contributed by atoms with Gasteiger partial charge >= 0.3 is 0 Å². The van der Waals surface area contributed by atoms with E-state index in [4.69, 9.17) is 5.73 Å². The van der Waals surface area contributed by atoms with Crippen molar-refractivity contribution in [2.45, 2.75) is 44.7 Å². The molecule has 0 amide bonds. The van der Waals surface area contributed by atoms with E-state index < -0.39 is 0 Å². The highest BCUT2D eigenvalue weighted by molar-refractivity contribution is 5.77. The largest absolute Gasteiger partial charge is 0.370 e. The number of hydrogen-bond donors (Lipinski definition) is 1. The number of aliphatic imine (C=N–C) groups is 1. The lowest BCUT2D eigenvalue weighted by Gasteiger charge is -2.22. The highest BCUT2D eigenvalue weighted by Crippen LogP contribution is 2.20. The van der Waals surface area contributed by atoms with Crippen molar-refractivity contribution >= 4 is 5.96 Å². The van der Waals surface area contributed by atoms with Crippen LogP contribution in [-0.4, -0.2) is 28.9 Å². The van der Waals surface area contributed by atoms with Crippen LogP contribution in [0.3, 0.4) is 0 Å². The molecule has 0 atom stereocenters. The molecule has 1 aromatic heterocycles. The quantitative estimate of drug-likeness (QED) is 0.657. The van der Waals surface area contributed by atoms with E-state index in [1.54, 1.807) is 6.20 Å². The Labute approximate surface area is 109 Å². The van der Waals surface area contributed by atoms with Gasteiger partial charge in [-0.2, -0.15) is 0 Å². The molecule has 0 unspecified atom stereocenters. The summed E-state index contributed by atoms with van der Waals surface area (Å²) in [5.74, 6) is 0.644. The Bertz CT molecular complexity index is 382. The molecule has 1 heterocycles. The fourth-order valence-electron chi connectivity index (χ4n) is 2.34. The normalized spacial score (nSPS) is 17.7. The van der Waals surface area contributed by atoms with Gasteiger partial charge < -0.3 is 10.6 Å². The zero-order chi connectivity index (χ0) is 12.8. The van der Waals surface area contributed by atoms with Crippen LogP contribution in [0.5, 0.6) is 0 Å². The molecule has 2 rings (SSSR count). The van der Waals surface area contributed by atoms with Crippen molar-refractivity contribution in [2.24, 2.45) is 10.7 Å². The Kier molecular flexibility index (Phi) is 4.56. The third-order valence-electron chi connectivity index (χ3n) is 3.42. The van der Waals surface area contributed by atoms with E-state index in [0.717, 1.165) is 12.1 Å². The third kappa shape index (κ3) is 3.72. The molecule has 18 heavy (non-hydrogen) atoms. The minimum Gasteiger partial charge on any atom is -0.370 e. The van der Waals surface area contributed by atoms with Gasteiger partial charge in [-0.05, 0) is 24.5 Å². The summed E-state index contributed by atoms with van der Waals surface area (Å²) >= 11 is 0. The Balaban J connectivity index is 1.91. The van der Waals surface area contributed by atoms with Crippen LogP contribution >= 0.6 is 0 Å². The van der Waals surface area contributed by atoms with Gasteiger partial charge in [0.25, 0.3) is 0 Å². The average molecular weight is 246 g/mol. The monoisotopic (exact) mass is 246 g/mol. The summed E-state index contributed by atoms with van der Waals surface area (Å²) in [6.45, 7) is 0.760. The molecule has 1 aromatic rings. The standard InChI is InChI=1S/C14H22N4/c1-18(11-12-6-5-9-16-10-12)14(15)17-13-7-3-2-4-8-13/h5-6,9-10,13H,2-4,7-8,11H2,1H3,(H2,15,17). The highest BCUT2D eigenvalue weighted by Gasteiger charge is 2.13. The Morgan fingerprint density at radius 1 is 1.44 bits per heavy atom. The summed E-state index contributed by atoms with van der Waals surface area (Å²) in [4.78, 5) is 10.7. The maximum Gasteiger partial charge on any atom is 0.191 e. The summed E-state index contributed by atoms with van der Waals surface area (Å²) in [7, 11) is 1.98. The van der Waals surface area contributed by atoms with Gasteiger partial charge in [-0.15, -0.1) is 0 Å². The summed E-state index contributed by atoms with van der Waals surface area (Å²) in [5.41, 5.74) is 7.21. The summed E-state index contributed by atoms with van der Waals surface area (Å²) < 4.78 is 0. The van der Waals surface area contributed by atoms with Crippen molar-refractivity contribution in [3.05, 3.63) is 30.1 Å². The predicted octanol–water partition coefficient (Wildman–Crippen LogP) is 2.16. The van der Waals surface area contributed by atoms with Gasteiger partial charge in [-0.3, -0.25) is 4.98 Å². The smallest absolute Gasteiger partial charge is 0.191 e. The molecular weight excluding hydrogens is 224 g/mol. The first-order chi connectivity index (χ1) is 8.75. The van der Waals surface area contributed by atoms with Gasteiger partial charge in [0.15, 0.2) is 5.96 Å². The van der Waals surface area contributed by atoms with E-state index in [1.165, 1.54) is 32.1 Å². The molecule has 2 N–H and O–H groups in total. The molecule has 0 saturated heterocycles. The SMILES string of the molecule is CN(Cc1cccnc1)C(N)=NC1CCCCC1. The van der Waals surface area contributed by atoms with Crippen molar-refractivity contribution < 1.29 is 0 Å². The maximum atomic E-state index is 6.05. The fourth-order valence-corrected chi connectivity index (χ4v) is 2.34. The van der Waals surface area contributed by atoms with Crippen LogP contribution in [0.4, 0.5) is 0 Å². The first-order valence-electron chi connectivity index (χ1n) is 6.69. The number of hydrogen-bond acceptors (Lipinski definition) is 2. The summed E-state index contributed by atoms with van der Waals surface area (Å²) in [5, 5.41) is 0. The maximum absolute atomic E-state index is 6.05. The predicted molar refractivity (Wildman–Crippen MR) is 74.2 cm³/mol. The number of aromatic nitrogens is 1. The number of nitrogens with zero attached hydrogens (tertiary/aromatic N) is 3. The van der Waals surface area contributed by atoms with E-state index in [1.807, 2.05) is 24.2 Å². The second-order valence-corrected chi connectivity index (χ2v) is 5.00. The van der Waals surface area contributed by atoms with Crippen LogP contribution in [0.1, 0.15) is 37.7 Å². The number of rotatable bonds is 3. The van der Waals surface area contributed by atoms with Crippen LogP contribution in [0.2, 0.25) is 0 Å². The van der Waals surface area contributed by atoms with Crippen molar-refractivity contribution in [1.82, 2.24) is 9.88 Å². The van der Waals surface area contributed by atoms with E-state index in [9.17, 15) is 0 Å². The molecule has 4 nitrogen and oxygen atoms in total. The average Bonchev–Trinajstić information content (AvgIpc) is 2.41. The number of guanidine groups is 1. The molecule has 0 spiro atoms. The minimum absolute atomic E-state index is 0.426. The van der Waals surface area contributed by atoms with Gasteiger partial charge in [0, 0.05) is 26.0 Å². The van der Waals surface area contributed by atoms with Crippen molar-refractivity contribution in [2.75, 3.05) is 7.05 Å².